The summed E-state index contributed by atoms with van der Waals surface area (Å²) in [6, 6.07) is 5.69. The number of benzene rings is 1. The molecule has 0 spiro atoms. The highest BCUT2D eigenvalue weighted by Gasteiger charge is 2.31. The number of carbonyl (C=O) groups excluding carboxylic acids is 1. The van der Waals surface area contributed by atoms with E-state index in [2.05, 4.69) is 15.9 Å². The van der Waals surface area contributed by atoms with Crippen LogP contribution in [-0.2, 0) is 4.79 Å². The van der Waals surface area contributed by atoms with Crippen molar-refractivity contribution in [3.05, 3.63) is 39.5 Å². The first-order valence-electron chi connectivity index (χ1n) is 8.03. The molecule has 1 aliphatic rings. The van der Waals surface area contributed by atoms with E-state index in [1.54, 1.807) is 6.92 Å². The van der Waals surface area contributed by atoms with Crippen molar-refractivity contribution in [1.82, 2.24) is 9.88 Å². The number of carbonyl (C=O) groups is 2. The third kappa shape index (κ3) is 3.15. The molecule has 1 amide bonds. The van der Waals surface area contributed by atoms with Crippen molar-refractivity contribution in [3.8, 4) is 0 Å². The molecule has 0 atom stereocenters. The Balaban J connectivity index is 2.20. The van der Waals surface area contributed by atoms with Crippen molar-refractivity contribution < 1.29 is 14.7 Å². The summed E-state index contributed by atoms with van der Waals surface area (Å²) in [5.74, 6) is -0.839. The Hall–Kier alpha value is -1.95. The Bertz CT molecular complexity index is 831. The van der Waals surface area contributed by atoms with Crippen LogP contribution in [0, 0.1) is 6.92 Å². The number of carboxylic acids is 1. The monoisotopic (exact) mass is 390 g/mol. The van der Waals surface area contributed by atoms with Crippen LogP contribution in [-0.4, -0.2) is 40.0 Å². The molecule has 0 aliphatic heterocycles. The lowest BCUT2D eigenvalue weighted by molar-refractivity contribution is -0.137. The lowest BCUT2D eigenvalue weighted by Gasteiger charge is -2.22. The van der Waals surface area contributed by atoms with E-state index in [9.17, 15) is 9.59 Å². The molecule has 24 heavy (non-hydrogen) atoms. The van der Waals surface area contributed by atoms with E-state index in [0.717, 1.165) is 39.5 Å². The van der Waals surface area contributed by atoms with Crippen LogP contribution < -0.4 is 0 Å². The van der Waals surface area contributed by atoms with Gasteiger partial charge < -0.3 is 10.0 Å². The van der Waals surface area contributed by atoms with Gasteiger partial charge in [0.1, 0.15) is 6.54 Å². The SMILES string of the molecule is CCN(CC(=O)O)C(=O)c1c(C)c(C2CC2)nc2ccc(Br)cc12. The fourth-order valence-corrected chi connectivity index (χ4v) is 3.39. The molecule has 5 nitrogen and oxygen atoms in total. The molecular formula is C18H19BrN2O3. The Morgan fingerprint density at radius 3 is 2.67 bits per heavy atom. The Morgan fingerprint density at radius 2 is 2.08 bits per heavy atom. The molecule has 1 saturated carbocycles. The minimum Gasteiger partial charge on any atom is -0.480 e. The van der Waals surface area contributed by atoms with Crippen molar-refractivity contribution in [2.75, 3.05) is 13.1 Å². The quantitative estimate of drug-likeness (QED) is 0.843. The second-order valence-corrected chi connectivity index (χ2v) is 7.06. The van der Waals surface area contributed by atoms with Crippen molar-refractivity contribution >= 4 is 38.7 Å². The van der Waals surface area contributed by atoms with Crippen molar-refractivity contribution in [2.45, 2.75) is 32.6 Å². The summed E-state index contributed by atoms with van der Waals surface area (Å²) in [5, 5.41) is 9.84. The lowest BCUT2D eigenvalue weighted by atomic mass is 9.98. The molecule has 3 rings (SSSR count). The number of amides is 1. The van der Waals surface area contributed by atoms with Gasteiger partial charge in [-0.2, -0.15) is 0 Å². The number of pyridine rings is 1. The highest BCUT2D eigenvalue weighted by Crippen LogP contribution is 2.42. The first kappa shape index (κ1) is 16.9. The molecule has 1 heterocycles. The van der Waals surface area contributed by atoms with Crippen LogP contribution in [0.25, 0.3) is 10.9 Å². The standard InChI is InChI=1S/C18H19BrN2O3/c1-3-21(9-15(22)23)18(24)16-10(2)17(11-4-5-11)20-14-7-6-12(19)8-13(14)16/h6-8,11H,3-5,9H2,1-2H3,(H,22,23). The van der Waals surface area contributed by atoms with Gasteiger partial charge in [-0.1, -0.05) is 15.9 Å². The number of aromatic nitrogens is 1. The topological polar surface area (TPSA) is 70.5 Å². The zero-order chi connectivity index (χ0) is 17.4. The molecule has 1 aliphatic carbocycles. The number of nitrogens with zero attached hydrogens (tertiary/aromatic N) is 2. The molecule has 2 aromatic rings. The van der Waals surface area contributed by atoms with Crippen LogP contribution >= 0.6 is 15.9 Å². The summed E-state index contributed by atoms with van der Waals surface area (Å²) < 4.78 is 0.866. The lowest BCUT2D eigenvalue weighted by Crippen LogP contribution is -2.36. The number of rotatable bonds is 5. The van der Waals surface area contributed by atoms with Gasteiger partial charge in [0.05, 0.1) is 11.1 Å². The molecule has 1 fully saturated rings. The predicted octanol–water partition coefficient (Wildman–Crippen LogP) is 3.73. The van der Waals surface area contributed by atoms with Crippen LogP contribution in [0.1, 0.15) is 47.3 Å². The van der Waals surface area contributed by atoms with Crippen LogP contribution in [0.15, 0.2) is 22.7 Å². The molecule has 0 unspecified atom stereocenters. The molecule has 1 aromatic carbocycles. The van der Waals surface area contributed by atoms with E-state index >= 15 is 0 Å². The minimum absolute atomic E-state index is 0.246. The Labute approximate surface area is 148 Å². The number of carboxylic acid groups (broad SMARTS) is 1. The fourth-order valence-electron chi connectivity index (χ4n) is 3.03. The van der Waals surface area contributed by atoms with Gasteiger partial charge in [0.15, 0.2) is 0 Å². The number of likely N-dealkylation sites (N-methyl/N-ethyl adjacent to an activating group) is 1. The van der Waals surface area contributed by atoms with Gasteiger partial charge in [0.2, 0.25) is 0 Å². The maximum atomic E-state index is 13.1. The second-order valence-electron chi connectivity index (χ2n) is 6.15. The summed E-state index contributed by atoms with van der Waals surface area (Å²) in [6.07, 6.45) is 2.19. The van der Waals surface area contributed by atoms with Gasteiger partial charge in [-0.05, 0) is 50.5 Å². The molecule has 126 valence electrons. The highest BCUT2D eigenvalue weighted by atomic mass is 79.9. The van der Waals surface area contributed by atoms with E-state index in [4.69, 9.17) is 10.1 Å². The summed E-state index contributed by atoms with van der Waals surface area (Å²) in [7, 11) is 0. The molecule has 1 aromatic heterocycles. The van der Waals surface area contributed by atoms with Crippen molar-refractivity contribution in [3.63, 3.8) is 0 Å². The first-order valence-corrected chi connectivity index (χ1v) is 8.82. The number of hydrogen-bond acceptors (Lipinski definition) is 3. The molecule has 6 heteroatoms. The van der Waals surface area contributed by atoms with E-state index in [-0.39, 0.29) is 12.5 Å². The normalized spacial score (nSPS) is 14.0. The van der Waals surface area contributed by atoms with Gasteiger partial charge >= 0.3 is 5.97 Å². The van der Waals surface area contributed by atoms with Crippen molar-refractivity contribution in [1.29, 1.82) is 0 Å². The fraction of sp³-hybridized carbons (Fsp3) is 0.389. The summed E-state index contributed by atoms with van der Waals surface area (Å²) in [6.45, 7) is 3.76. The van der Waals surface area contributed by atoms with Gasteiger partial charge in [0, 0.05) is 28.0 Å². The van der Waals surface area contributed by atoms with Crippen LogP contribution in [0.2, 0.25) is 0 Å². The van der Waals surface area contributed by atoms with E-state index in [0.29, 0.717) is 18.0 Å². The van der Waals surface area contributed by atoms with Gasteiger partial charge in [0.25, 0.3) is 5.91 Å². The molecule has 0 bridgehead atoms. The molecule has 0 saturated heterocycles. The van der Waals surface area contributed by atoms with Gasteiger partial charge in [-0.15, -0.1) is 0 Å². The predicted molar refractivity (Wildman–Crippen MR) is 95.4 cm³/mol. The highest BCUT2D eigenvalue weighted by molar-refractivity contribution is 9.10. The number of hydrogen-bond donors (Lipinski definition) is 1. The summed E-state index contributed by atoms with van der Waals surface area (Å²) in [4.78, 5) is 30.3. The molecular weight excluding hydrogens is 372 g/mol. The maximum Gasteiger partial charge on any atom is 0.323 e. The first-order chi connectivity index (χ1) is 11.4. The second kappa shape index (κ2) is 6.51. The van der Waals surface area contributed by atoms with E-state index in [1.165, 1.54) is 4.90 Å². The maximum absolute atomic E-state index is 13.1. The Kier molecular flexibility index (Phi) is 4.58. The van der Waals surface area contributed by atoms with Crippen LogP contribution in [0.4, 0.5) is 0 Å². The van der Waals surface area contributed by atoms with E-state index in [1.807, 2.05) is 25.1 Å². The zero-order valence-corrected chi connectivity index (χ0v) is 15.3. The van der Waals surface area contributed by atoms with E-state index < -0.39 is 5.97 Å². The average Bonchev–Trinajstić information content (AvgIpc) is 3.36. The minimum atomic E-state index is -1.01. The zero-order valence-electron chi connectivity index (χ0n) is 13.7. The number of aliphatic carboxylic acids is 1. The summed E-state index contributed by atoms with van der Waals surface area (Å²) >= 11 is 3.45. The largest absolute Gasteiger partial charge is 0.480 e. The van der Waals surface area contributed by atoms with Gasteiger partial charge in [-0.3, -0.25) is 14.6 Å². The van der Waals surface area contributed by atoms with Crippen molar-refractivity contribution in [2.24, 2.45) is 0 Å². The smallest absolute Gasteiger partial charge is 0.323 e. The number of fused-ring (bicyclic) bond motifs is 1. The van der Waals surface area contributed by atoms with Gasteiger partial charge in [-0.25, -0.2) is 0 Å². The van der Waals surface area contributed by atoms with Crippen LogP contribution in [0.3, 0.4) is 0 Å². The molecule has 1 N–H and O–H groups in total. The van der Waals surface area contributed by atoms with Crippen LogP contribution in [0.5, 0.6) is 0 Å². The Morgan fingerprint density at radius 1 is 1.38 bits per heavy atom. The average molecular weight is 391 g/mol. The third-order valence-electron chi connectivity index (χ3n) is 4.40. The number of halogens is 1. The summed E-state index contributed by atoms with van der Waals surface area (Å²) in [5.41, 5.74) is 3.20. The third-order valence-corrected chi connectivity index (χ3v) is 4.89. The molecule has 0 radical (unpaired) electrons.